The van der Waals surface area contributed by atoms with Crippen molar-refractivity contribution in [3.05, 3.63) is 78.9 Å². The molecule has 0 nitrogen and oxygen atoms in total. The molecule has 0 unspecified atom stereocenters. The Balaban J connectivity index is 2.15. The van der Waals surface area contributed by atoms with Crippen molar-refractivity contribution in [3.63, 3.8) is 0 Å². The van der Waals surface area contributed by atoms with Gasteiger partial charge in [0.2, 0.25) is 0 Å². The first-order chi connectivity index (χ1) is 10.2. The van der Waals surface area contributed by atoms with Crippen molar-refractivity contribution in [1.82, 2.24) is 0 Å². The molecular weight excluding hydrogens is 268 g/mol. The summed E-state index contributed by atoms with van der Waals surface area (Å²) in [6.45, 7) is 10.4. The molecule has 0 bridgehead atoms. The van der Waals surface area contributed by atoms with Crippen LogP contribution < -0.4 is 5.19 Å². The summed E-state index contributed by atoms with van der Waals surface area (Å²) in [6.07, 6.45) is 5.27. The van der Waals surface area contributed by atoms with E-state index in [2.05, 4.69) is 74.3 Å². The lowest BCUT2D eigenvalue weighted by Crippen LogP contribution is -2.45. The average molecular weight is 290 g/mol. The highest BCUT2D eigenvalue weighted by Crippen LogP contribution is 2.36. The van der Waals surface area contributed by atoms with Crippen molar-refractivity contribution in [2.75, 3.05) is 0 Å². The van der Waals surface area contributed by atoms with Crippen LogP contribution in [0, 0.1) is 0 Å². The topological polar surface area (TPSA) is 0 Å². The van der Waals surface area contributed by atoms with Gasteiger partial charge in [-0.15, -0.1) is 13.2 Å². The molecule has 106 valence electrons. The molecule has 0 saturated heterocycles. The molecule has 2 aromatic carbocycles. The average Bonchev–Trinajstić information content (AvgIpc) is 2.86. The Morgan fingerprint density at radius 1 is 0.952 bits per heavy atom. The highest BCUT2D eigenvalue weighted by atomic mass is 28.3. The Morgan fingerprint density at radius 3 is 2.33 bits per heavy atom. The molecule has 0 aromatic heterocycles. The van der Waals surface area contributed by atoms with E-state index in [9.17, 15) is 0 Å². The zero-order valence-electron chi connectivity index (χ0n) is 12.7. The van der Waals surface area contributed by atoms with Crippen molar-refractivity contribution < 1.29 is 0 Å². The summed E-state index contributed by atoms with van der Waals surface area (Å²) in [5.74, 6) is 0. The van der Waals surface area contributed by atoms with Gasteiger partial charge in [-0.2, -0.15) is 0 Å². The van der Waals surface area contributed by atoms with Gasteiger partial charge in [-0.1, -0.05) is 66.4 Å². The van der Waals surface area contributed by atoms with Crippen LogP contribution in [0.5, 0.6) is 0 Å². The maximum atomic E-state index is 3.99. The van der Waals surface area contributed by atoms with Gasteiger partial charge < -0.3 is 0 Å². The maximum absolute atomic E-state index is 3.99. The molecule has 0 fully saturated rings. The van der Waals surface area contributed by atoms with Crippen molar-refractivity contribution in [2.45, 2.75) is 25.1 Å². The molecule has 1 aliphatic carbocycles. The van der Waals surface area contributed by atoms with Gasteiger partial charge in [0.15, 0.2) is 0 Å². The molecule has 0 radical (unpaired) electrons. The second kappa shape index (κ2) is 5.49. The van der Waals surface area contributed by atoms with Crippen LogP contribution in [-0.2, 0) is 6.42 Å². The molecule has 3 rings (SSSR count). The Kier molecular flexibility index (Phi) is 3.69. The van der Waals surface area contributed by atoms with E-state index in [1.54, 1.807) is 10.8 Å². The first kappa shape index (κ1) is 14.1. The fraction of sp³-hybridized carbons (Fsp3) is 0.200. The predicted octanol–water partition coefficient (Wildman–Crippen LogP) is 4.92. The van der Waals surface area contributed by atoms with E-state index in [1.807, 2.05) is 0 Å². The zero-order chi connectivity index (χ0) is 14.9. The van der Waals surface area contributed by atoms with E-state index in [-0.39, 0.29) is 0 Å². The minimum absolute atomic E-state index is 1.08. The van der Waals surface area contributed by atoms with Crippen molar-refractivity contribution in [2.24, 2.45) is 0 Å². The van der Waals surface area contributed by atoms with E-state index in [4.69, 9.17) is 0 Å². The third-order valence-corrected chi connectivity index (χ3v) is 8.84. The molecule has 2 aromatic rings. The summed E-state index contributed by atoms with van der Waals surface area (Å²) in [6, 6.07) is 17.9. The monoisotopic (exact) mass is 290 g/mol. The second-order valence-corrected chi connectivity index (χ2v) is 10.7. The van der Waals surface area contributed by atoms with Crippen molar-refractivity contribution >= 4 is 13.3 Å². The fourth-order valence-electron chi connectivity index (χ4n) is 3.66. The quantitative estimate of drug-likeness (QED) is 0.462. The van der Waals surface area contributed by atoms with E-state index in [0.717, 1.165) is 18.5 Å². The molecule has 21 heavy (non-hydrogen) atoms. The van der Waals surface area contributed by atoms with Crippen LogP contribution in [0.3, 0.4) is 0 Å². The minimum atomic E-state index is -1.56. The number of fused-ring (bicyclic) bond motifs is 3. The highest BCUT2D eigenvalue weighted by Gasteiger charge is 2.32. The molecule has 1 heteroatoms. The van der Waals surface area contributed by atoms with Crippen LogP contribution in [-0.4, -0.2) is 8.07 Å². The van der Waals surface area contributed by atoms with Gasteiger partial charge in [-0.25, -0.2) is 0 Å². The molecule has 0 spiro atoms. The summed E-state index contributed by atoms with van der Waals surface area (Å²) >= 11 is 0. The maximum Gasteiger partial charge on any atom is 0.0914 e. The standard InChI is InChI=1S/C20H22Si/c1-4-13-21(3,14-5-2)20-12-8-11-18-17-10-7-6-9-16(17)15-19(18)20/h4-12H,1-2,13-15H2,3H3. The van der Waals surface area contributed by atoms with Crippen LogP contribution in [0.25, 0.3) is 11.1 Å². The molecule has 0 N–H and O–H groups in total. The van der Waals surface area contributed by atoms with Gasteiger partial charge >= 0.3 is 0 Å². The normalized spacial score (nSPS) is 12.6. The Morgan fingerprint density at radius 2 is 1.62 bits per heavy atom. The van der Waals surface area contributed by atoms with Crippen LogP contribution in [0.4, 0.5) is 0 Å². The van der Waals surface area contributed by atoms with Gasteiger partial charge in [-0.05, 0) is 40.8 Å². The first-order valence-corrected chi connectivity index (χ1v) is 10.5. The smallest absolute Gasteiger partial charge is 0.0914 e. The molecule has 0 amide bonds. The van der Waals surface area contributed by atoms with Crippen LogP contribution in [0.2, 0.25) is 18.6 Å². The van der Waals surface area contributed by atoms with Gasteiger partial charge in [0.05, 0.1) is 8.07 Å². The van der Waals surface area contributed by atoms with Crippen LogP contribution in [0.15, 0.2) is 67.8 Å². The summed E-state index contributed by atoms with van der Waals surface area (Å²) in [7, 11) is -1.56. The number of rotatable bonds is 5. The summed E-state index contributed by atoms with van der Waals surface area (Å²) in [4.78, 5) is 0. The molecule has 0 atom stereocenters. The second-order valence-electron chi connectivity index (χ2n) is 6.21. The third-order valence-electron chi connectivity index (χ3n) is 4.69. The summed E-state index contributed by atoms with van der Waals surface area (Å²) in [5, 5.41) is 1.59. The number of allylic oxidation sites excluding steroid dienone is 2. The van der Waals surface area contributed by atoms with Crippen molar-refractivity contribution in [1.29, 1.82) is 0 Å². The molecule has 1 aliphatic rings. The number of hydrogen-bond donors (Lipinski definition) is 0. The van der Waals surface area contributed by atoms with Gasteiger partial charge in [0, 0.05) is 0 Å². The highest BCUT2D eigenvalue weighted by molar-refractivity contribution is 6.91. The summed E-state index contributed by atoms with van der Waals surface area (Å²) in [5.41, 5.74) is 5.88. The lowest BCUT2D eigenvalue weighted by Gasteiger charge is -2.28. The van der Waals surface area contributed by atoms with Crippen molar-refractivity contribution in [3.8, 4) is 11.1 Å². The number of hydrogen-bond acceptors (Lipinski definition) is 0. The van der Waals surface area contributed by atoms with Crippen LogP contribution in [0.1, 0.15) is 11.1 Å². The lowest BCUT2D eigenvalue weighted by molar-refractivity contribution is 1.27. The predicted molar refractivity (Wildman–Crippen MR) is 95.9 cm³/mol. The zero-order valence-corrected chi connectivity index (χ0v) is 13.7. The number of benzene rings is 2. The van der Waals surface area contributed by atoms with Gasteiger partial charge in [0.25, 0.3) is 0 Å². The molecule has 0 heterocycles. The molecule has 0 saturated carbocycles. The van der Waals surface area contributed by atoms with E-state index < -0.39 is 8.07 Å². The first-order valence-electron chi connectivity index (χ1n) is 7.62. The van der Waals surface area contributed by atoms with Gasteiger partial charge in [0.1, 0.15) is 0 Å². The Bertz CT molecular complexity index is 687. The molecule has 0 aliphatic heterocycles. The summed E-state index contributed by atoms with van der Waals surface area (Å²) < 4.78 is 0. The minimum Gasteiger partial charge on any atom is -0.103 e. The SMILES string of the molecule is C=CC[Si](C)(CC=C)c1cccc2c1Cc1ccccc1-2. The Hall–Kier alpha value is -1.86. The lowest BCUT2D eigenvalue weighted by atomic mass is 10.1. The van der Waals surface area contributed by atoms with E-state index in [0.29, 0.717) is 0 Å². The van der Waals surface area contributed by atoms with E-state index >= 15 is 0 Å². The van der Waals surface area contributed by atoms with Gasteiger partial charge in [-0.3, -0.25) is 0 Å². The fourth-order valence-corrected chi connectivity index (χ4v) is 6.99. The molecular formula is C20H22Si. The van der Waals surface area contributed by atoms with Crippen LogP contribution >= 0.6 is 0 Å². The third kappa shape index (κ3) is 2.32. The van der Waals surface area contributed by atoms with E-state index in [1.165, 1.54) is 16.7 Å². The Labute approximate surface area is 128 Å². The largest absolute Gasteiger partial charge is 0.103 e.